The number of likely N-dealkylation sites (N-methyl/N-ethyl adjacent to an activating group) is 1. The van der Waals surface area contributed by atoms with Gasteiger partial charge in [0.2, 0.25) is 0 Å². The lowest BCUT2D eigenvalue weighted by molar-refractivity contribution is -0.143. The summed E-state index contributed by atoms with van der Waals surface area (Å²) >= 11 is 0. The lowest BCUT2D eigenvalue weighted by Gasteiger charge is -2.24. The average molecular weight is 306 g/mol. The van der Waals surface area contributed by atoms with Gasteiger partial charge in [0.1, 0.15) is 0 Å². The summed E-state index contributed by atoms with van der Waals surface area (Å²) in [6.45, 7) is 5.83. The standard InChI is InChI=1S/C17H26N2O3/c1-5-22-16(20)10-11-19(13-12-18(3)4)17(21)15-8-6-14(2)7-9-15/h6-9H,5,10-13H2,1-4H3. The highest BCUT2D eigenvalue weighted by atomic mass is 16.5. The van der Waals surface area contributed by atoms with Crippen LogP contribution >= 0.6 is 0 Å². The van der Waals surface area contributed by atoms with Gasteiger partial charge in [-0.05, 0) is 40.1 Å². The molecule has 0 saturated heterocycles. The number of carbonyl (C=O) groups excluding carboxylic acids is 2. The second-order valence-corrected chi connectivity index (χ2v) is 5.52. The van der Waals surface area contributed by atoms with Crippen molar-refractivity contribution in [3.8, 4) is 0 Å². The van der Waals surface area contributed by atoms with E-state index >= 15 is 0 Å². The van der Waals surface area contributed by atoms with Gasteiger partial charge in [-0.3, -0.25) is 9.59 Å². The number of hydrogen-bond acceptors (Lipinski definition) is 4. The molecule has 1 aromatic rings. The fourth-order valence-corrected chi connectivity index (χ4v) is 1.97. The normalized spacial score (nSPS) is 10.6. The molecule has 0 radical (unpaired) electrons. The van der Waals surface area contributed by atoms with Crippen molar-refractivity contribution < 1.29 is 14.3 Å². The molecule has 0 heterocycles. The van der Waals surface area contributed by atoms with Crippen LogP contribution in [0.1, 0.15) is 29.3 Å². The number of benzene rings is 1. The quantitative estimate of drug-likeness (QED) is 0.689. The van der Waals surface area contributed by atoms with Gasteiger partial charge in [-0.1, -0.05) is 17.7 Å². The van der Waals surface area contributed by atoms with E-state index in [9.17, 15) is 9.59 Å². The summed E-state index contributed by atoms with van der Waals surface area (Å²) < 4.78 is 4.93. The Morgan fingerprint density at radius 1 is 1.05 bits per heavy atom. The second-order valence-electron chi connectivity index (χ2n) is 5.52. The zero-order chi connectivity index (χ0) is 16.5. The van der Waals surface area contributed by atoms with Crippen molar-refractivity contribution in [2.75, 3.05) is 40.3 Å². The smallest absolute Gasteiger partial charge is 0.307 e. The first kappa shape index (κ1) is 18.2. The first-order chi connectivity index (χ1) is 10.4. The van der Waals surface area contributed by atoms with Crippen molar-refractivity contribution in [3.63, 3.8) is 0 Å². The highest BCUT2D eigenvalue weighted by molar-refractivity contribution is 5.94. The molecule has 0 aliphatic heterocycles. The van der Waals surface area contributed by atoms with Gasteiger partial charge in [-0.25, -0.2) is 0 Å². The Labute approximate surface area is 132 Å². The number of hydrogen-bond donors (Lipinski definition) is 0. The minimum absolute atomic E-state index is 0.0499. The van der Waals surface area contributed by atoms with E-state index in [-0.39, 0.29) is 18.3 Å². The molecule has 1 rings (SSSR count). The Morgan fingerprint density at radius 3 is 2.23 bits per heavy atom. The van der Waals surface area contributed by atoms with Gasteiger partial charge >= 0.3 is 5.97 Å². The van der Waals surface area contributed by atoms with Crippen LogP contribution in [-0.4, -0.2) is 62.0 Å². The van der Waals surface area contributed by atoms with E-state index in [1.165, 1.54) is 0 Å². The number of esters is 1. The molecule has 22 heavy (non-hydrogen) atoms. The third-order valence-corrected chi connectivity index (χ3v) is 3.29. The fourth-order valence-electron chi connectivity index (χ4n) is 1.97. The third-order valence-electron chi connectivity index (χ3n) is 3.29. The van der Waals surface area contributed by atoms with E-state index in [1.807, 2.05) is 50.2 Å². The number of aryl methyl sites for hydroxylation is 1. The van der Waals surface area contributed by atoms with Crippen LogP contribution < -0.4 is 0 Å². The summed E-state index contributed by atoms with van der Waals surface area (Å²) in [6.07, 6.45) is 0.221. The molecule has 0 saturated carbocycles. The molecule has 122 valence electrons. The van der Waals surface area contributed by atoms with E-state index in [2.05, 4.69) is 0 Å². The highest BCUT2D eigenvalue weighted by Crippen LogP contribution is 2.08. The maximum absolute atomic E-state index is 12.6. The second kappa shape index (κ2) is 9.20. The summed E-state index contributed by atoms with van der Waals surface area (Å²) in [7, 11) is 3.92. The molecule has 0 aromatic heterocycles. The number of rotatable bonds is 8. The summed E-state index contributed by atoms with van der Waals surface area (Å²) in [5.41, 5.74) is 1.76. The van der Waals surface area contributed by atoms with Crippen LogP contribution in [0.5, 0.6) is 0 Å². The van der Waals surface area contributed by atoms with Crippen molar-refractivity contribution in [3.05, 3.63) is 35.4 Å². The van der Waals surface area contributed by atoms with Crippen LogP contribution in [0.25, 0.3) is 0 Å². The Morgan fingerprint density at radius 2 is 1.68 bits per heavy atom. The maximum Gasteiger partial charge on any atom is 0.307 e. The van der Waals surface area contributed by atoms with Gasteiger partial charge in [-0.2, -0.15) is 0 Å². The Kier molecular flexibility index (Phi) is 7.60. The molecule has 0 N–H and O–H groups in total. The van der Waals surface area contributed by atoms with Crippen molar-refractivity contribution in [1.29, 1.82) is 0 Å². The van der Waals surface area contributed by atoms with Crippen molar-refractivity contribution >= 4 is 11.9 Å². The topological polar surface area (TPSA) is 49.9 Å². The number of ether oxygens (including phenoxy) is 1. The van der Waals surface area contributed by atoms with E-state index in [4.69, 9.17) is 4.74 Å². The molecule has 0 aliphatic rings. The van der Waals surface area contributed by atoms with Crippen molar-refractivity contribution in [2.24, 2.45) is 0 Å². The molecule has 0 unspecified atom stereocenters. The maximum atomic E-state index is 12.6. The largest absolute Gasteiger partial charge is 0.466 e. The molecule has 0 aliphatic carbocycles. The number of carbonyl (C=O) groups is 2. The highest BCUT2D eigenvalue weighted by Gasteiger charge is 2.17. The predicted octanol–water partition coefficient (Wildman–Crippen LogP) is 1.95. The van der Waals surface area contributed by atoms with Crippen LogP contribution in [-0.2, 0) is 9.53 Å². The number of nitrogens with zero attached hydrogens (tertiary/aromatic N) is 2. The molecule has 0 bridgehead atoms. The van der Waals surface area contributed by atoms with Crippen molar-refractivity contribution in [2.45, 2.75) is 20.3 Å². The Hall–Kier alpha value is -1.88. The van der Waals surface area contributed by atoms with Crippen LogP contribution in [0.3, 0.4) is 0 Å². The van der Waals surface area contributed by atoms with Crippen molar-refractivity contribution in [1.82, 2.24) is 9.80 Å². The summed E-state index contributed by atoms with van der Waals surface area (Å²) in [5.74, 6) is -0.319. The van der Waals surface area contributed by atoms with Crippen LogP contribution in [0.2, 0.25) is 0 Å². The molecule has 1 amide bonds. The minimum Gasteiger partial charge on any atom is -0.466 e. The molecule has 0 atom stereocenters. The minimum atomic E-state index is -0.269. The molecule has 0 spiro atoms. The molecular formula is C17H26N2O3. The fraction of sp³-hybridized carbons (Fsp3) is 0.529. The van der Waals surface area contributed by atoms with E-state index in [1.54, 1.807) is 11.8 Å². The first-order valence-electron chi connectivity index (χ1n) is 7.60. The summed E-state index contributed by atoms with van der Waals surface area (Å²) in [6, 6.07) is 7.49. The zero-order valence-corrected chi connectivity index (χ0v) is 14.0. The molecular weight excluding hydrogens is 280 g/mol. The van der Waals surface area contributed by atoms with Gasteiger partial charge in [0, 0.05) is 25.2 Å². The van der Waals surface area contributed by atoms with Gasteiger partial charge in [-0.15, -0.1) is 0 Å². The van der Waals surface area contributed by atoms with Gasteiger partial charge in [0.05, 0.1) is 13.0 Å². The molecule has 1 aromatic carbocycles. The lowest BCUT2D eigenvalue weighted by Crippen LogP contribution is -2.38. The molecule has 5 heteroatoms. The van der Waals surface area contributed by atoms with Crippen LogP contribution in [0.15, 0.2) is 24.3 Å². The number of amides is 1. The van der Waals surface area contributed by atoms with E-state index in [0.717, 1.165) is 12.1 Å². The Bertz CT molecular complexity index is 483. The first-order valence-corrected chi connectivity index (χ1v) is 7.60. The molecule has 0 fully saturated rings. The van der Waals surface area contributed by atoms with Gasteiger partial charge in [0.15, 0.2) is 0 Å². The van der Waals surface area contributed by atoms with Gasteiger partial charge in [0.25, 0.3) is 5.91 Å². The third kappa shape index (κ3) is 6.26. The van der Waals surface area contributed by atoms with Crippen LogP contribution in [0.4, 0.5) is 0 Å². The average Bonchev–Trinajstić information content (AvgIpc) is 2.47. The summed E-state index contributed by atoms with van der Waals surface area (Å²) in [4.78, 5) is 27.8. The zero-order valence-electron chi connectivity index (χ0n) is 14.0. The van der Waals surface area contributed by atoms with E-state index < -0.39 is 0 Å². The SMILES string of the molecule is CCOC(=O)CCN(CCN(C)C)C(=O)c1ccc(C)cc1. The Balaban J connectivity index is 2.72. The van der Waals surface area contributed by atoms with Gasteiger partial charge < -0.3 is 14.5 Å². The summed E-state index contributed by atoms with van der Waals surface area (Å²) in [5, 5.41) is 0. The predicted molar refractivity (Wildman–Crippen MR) is 86.9 cm³/mol. The molecule has 5 nitrogen and oxygen atoms in total. The van der Waals surface area contributed by atoms with E-state index in [0.29, 0.717) is 25.3 Å². The monoisotopic (exact) mass is 306 g/mol. The van der Waals surface area contributed by atoms with Crippen LogP contribution in [0, 0.1) is 6.92 Å². The lowest BCUT2D eigenvalue weighted by atomic mass is 10.1.